The van der Waals surface area contributed by atoms with Crippen LogP contribution in [-0.2, 0) is 9.59 Å². The van der Waals surface area contributed by atoms with Gasteiger partial charge < -0.3 is 10.2 Å². The van der Waals surface area contributed by atoms with Crippen molar-refractivity contribution < 1.29 is 14.4 Å². The van der Waals surface area contributed by atoms with E-state index in [1.807, 2.05) is 23.6 Å². The van der Waals surface area contributed by atoms with Crippen LogP contribution in [0.5, 0.6) is 0 Å². The number of imide groups is 1. The lowest BCUT2D eigenvalue weighted by atomic mass is 10.1. The molecule has 0 unspecified atom stereocenters. The Hall–Kier alpha value is -1.63. The first-order valence-corrected chi connectivity index (χ1v) is 9.02. The lowest BCUT2D eigenvalue weighted by Gasteiger charge is -2.38. The van der Waals surface area contributed by atoms with Crippen LogP contribution < -0.4 is 10.6 Å². The summed E-state index contributed by atoms with van der Waals surface area (Å²) in [5.74, 6) is -0.131. The number of nitrogens with one attached hydrogen (secondary N) is 2. The summed E-state index contributed by atoms with van der Waals surface area (Å²) in [5, 5.41) is 5.30. The van der Waals surface area contributed by atoms with Crippen molar-refractivity contribution in [1.29, 1.82) is 0 Å². The Bertz CT molecular complexity index is 466. The van der Waals surface area contributed by atoms with Crippen molar-refractivity contribution in [3.63, 3.8) is 0 Å². The van der Waals surface area contributed by atoms with E-state index in [1.54, 1.807) is 6.92 Å². The van der Waals surface area contributed by atoms with Gasteiger partial charge in [0.2, 0.25) is 11.8 Å². The van der Waals surface area contributed by atoms with Gasteiger partial charge in [-0.05, 0) is 19.8 Å². The number of rotatable bonds is 4. The van der Waals surface area contributed by atoms with Crippen LogP contribution in [0.3, 0.4) is 0 Å². The van der Waals surface area contributed by atoms with E-state index >= 15 is 0 Å². The van der Waals surface area contributed by atoms with Crippen LogP contribution >= 0.6 is 0 Å². The Morgan fingerprint density at radius 1 is 0.958 bits per heavy atom. The predicted octanol–water partition coefficient (Wildman–Crippen LogP) is 0.944. The minimum Gasteiger partial charge on any atom is -0.340 e. The Morgan fingerprint density at radius 2 is 1.54 bits per heavy atom. The Balaban J connectivity index is 1.75. The van der Waals surface area contributed by atoms with Crippen molar-refractivity contribution in [3.05, 3.63) is 0 Å². The standard InChI is InChI=1S/C17H30N4O3/c1-12(2)16(23)21-10-8-20(9-11-21)13(3)15(22)19-17(24)18-14-6-4-5-7-14/h12-14H,4-11H2,1-3H3,(H2,18,19,22,24)/t13-/m1/s1. The average Bonchev–Trinajstić information content (AvgIpc) is 3.06. The molecule has 2 rings (SSSR count). The van der Waals surface area contributed by atoms with Gasteiger partial charge in [0.1, 0.15) is 0 Å². The molecule has 24 heavy (non-hydrogen) atoms. The summed E-state index contributed by atoms with van der Waals surface area (Å²) in [6.45, 7) is 8.15. The summed E-state index contributed by atoms with van der Waals surface area (Å²) in [5.41, 5.74) is 0. The molecule has 1 aliphatic heterocycles. The number of urea groups is 1. The van der Waals surface area contributed by atoms with Crippen LogP contribution in [0.2, 0.25) is 0 Å². The number of hydrogen-bond acceptors (Lipinski definition) is 4. The maximum absolute atomic E-state index is 12.3. The molecule has 0 aromatic rings. The quantitative estimate of drug-likeness (QED) is 0.799. The Morgan fingerprint density at radius 3 is 2.08 bits per heavy atom. The monoisotopic (exact) mass is 338 g/mol. The number of nitrogens with zero attached hydrogens (tertiary/aromatic N) is 2. The minimum absolute atomic E-state index is 0.00319. The van der Waals surface area contributed by atoms with Crippen molar-refractivity contribution in [1.82, 2.24) is 20.4 Å². The fourth-order valence-corrected chi connectivity index (χ4v) is 3.37. The summed E-state index contributed by atoms with van der Waals surface area (Å²) in [4.78, 5) is 40.0. The van der Waals surface area contributed by atoms with Gasteiger partial charge in [-0.15, -0.1) is 0 Å². The third-order valence-corrected chi connectivity index (χ3v) is 4.97. The summed E-state index contributed by atoms with van der Waals surface area (Å²) >= 11 is 0. The van der Waals surface area contributed by atoms with E-state index in [-0.39, 0.29) is 29.8 Å². The van der Waals surface area contributed by atoms with Crippen LogP contribution in [0.1, 0.15) is 46.5 Å². The lowest BCUT2D eigenvalue weighted by molar-refractivity contribution is -0.137. The molecule has 7 nitrogen and oxygen atoms in total. The van der Waals surface area contributed by atoms with E-state index in [1.165, 1.54) is 0 Å². The molecule has 7 heteroatoms. The SMILES string of the molecule is CC(C)C(=O)N1CCN([C@H](C)C(=O)NC(=O)NC2CCCC2)CC1. The fourth-order valence-electron chi connectivity index (χ4n) is 3.37. The van der Waals surface area contributed by atoms with Gasteiger partial charge in [0.15, 0.2) is 0 Å². The van der Waals surface area contributed by atoms with Crippen molar-refractivity contribution in [2.75, 3.05) is 26.2 Å². The Kier molecular flexibility index (Phi) is 6.60. The van der Waals surface area contributed by atoms with Crippen LogP contribution in [0, 0.1) is 5.92 Å². The number of hydrogen-bond donors (Lipinski definition) is 2. The second-order valence-corrected chi connectivity index (χ2v) is 7.14. The Labute approximate surface area is 144 Å². The molecule has 0 spiro atoms. The number of piperazine rings is 1. The van der Waals surface area contributed by atoms with Gasteiger partial charge in [0.25, 0.3) is 0 Å². The third-order valence-electron chi connectivity index (χ3n) is 4.97. The maximum atomic E-state index is 12.3. The third kappa shape index (κ3) is 4.93. The molecule has 0 bridgehead atoms. The lowest BCUT2D eigenvalue weighted by Crippen LogP contribution is -2.57. The molecule has 2 fully saturated rings. The molecule has 1 aliphatic carbocycles. The highest BCUT2D eigenvalue weighted by Gasteiger charge is 2.29. The molecule has 2 aliphatic rings. The molecular formula is C17H30N4O3. The first-order valence-electron chi connectivity index (χ1n) is 9.02. The van der Waals surface area contributed by atoms with E-state index in [4.69, 9.17) is 0 Å². The average molecular weight is 338 g/mol. The highest BCUT2D eigenvalue weighted by atomic mass is 16.2. The predicted molar refractivity (Wildman–Crippen MR) is 91.4 cm³/mol. The minimum atomic E-state index is -0.396. The zero-order valence-corrected chi connectivity index (χ0v) is 15.0. The van der Waals surface area contributed by atoms with Gasteiger partial charge in [-0.1, -0.05) is 26.7 Å². The largest absolute Gasteiger partial charge is 0.340 e. The highest BCUT2D eigenvalue weighted by Crippen LogP contribution is 2.17. The van der Waals surface area contributed by atoms with Crippen molar-refractivity contribution in [2.24, 2.45) is 5.92 Å². The molecule has 4 amide bonds. The fraction of sp³-hybridized carbons (Fsp3) is 0.824. The van der Waals surface area contributed by atoms with Crippen LogP contribution in [0.25, 0.3) is 0 Å². The van der Waals surface area contributed by atoms with Crippen molar-refractivity contribution in [3.8, 4) is 0 Å². The van der Waals surface area contributed by atoms with E-state index in [0.29, 0.717) is 26.2 Å². The van der Waals surface area contributed by atoms with E-state index < -0.39 is 6.03 Å². The molecule has 1 atom stereocenters. The zero-order valence-electron chi connectivity index (χ0n) is 15.0. The summed E-state index contributed by atoms with van der Waals surface area (Å²) in [6.07, 6.45) is 4.25. The van der Waals surface area contributed by atoms with E-state index in [9.17, 15) is 14.4 Å². The van der Waals surface area contributed by atoms with E-state index in [0.717, 1.165) is 25.7 Å². The number of carbonyl (C=O) groups is 3. The molecule has 2 N–H and O–H groups in total. The van der Waals surface area contributed by atoms with Gasteiger partial charge >= 0.3 is 6.03 Å². The number of carbonyl (C=O) groups excluding carboxylic acids is 3. The zero-order chi connectivity index (χ0) is 17.7. The summed E-state index contributed by atoms with van der Waals surface area (Å²) < 4.78 is 0. The number of amides is 4. The van der Waals surface area contributed by atoms with E-state index in [2.05, 4.69) is 10.6 Å². The smallest absolute Gasteiger partial charge is 0.321 e. The molecular weight excluding hydrogens is 308 g/mol. The molecule has 0 aromatic heterocycles. The highest BCUT2D eigenvalue weighted by molar-refractivity contribution is 5.96. The first kappa shape index (κ1) is 18.7. The second kappa shape index (κ2) is 8.46. The van der Waals surface area contributed by atoms with Crippen molar-refractivity contribution >= 4 is 17.8 Å². The molecule has 0 radical (unpaired) electrons. The van der Waals surface area contributed by atoms with Crippen molar-refractivity contribution in [2.45, 2.75) is 58.5 Å². The van der Waals surface area contributed by atoms with Gasteiger partial charge in [-0.2, -0.15) is 0 Å². The topological polar surface area (TPSA) is 81.8 Å². The van der Waals surface area contributed by atoms with Crippen LogP contribution in [0.15, 0.2) is 0 Å². The van der Waals surface area contributed by atoms with Gasteiger partial charge in [0.05, 0.1) is 6.04 Å². The normalized spacial score (nSPS) is 20.9. The van der Waals surface area contributed by atoms with Crippen LogP contribution in [0.4, 0.5) is 4.79 Å². The molecule has 136 valence electrons. The second-order valence-electron chi connectivity index (χ2n) is 7.14. The maximum Gasteiger partial charge on any atom is 0.321 e. The summed E-state index contributed by atoms with van der Waals surface area (Å²) in [6, 6.07) is -0.582. The molecule has 1 heterocycles. The van der Waals surface area contributed by atoms with Gasteiger partial charge in [-0.25, -0.2) is 4.79 Å². The van der Waals surface area contributed by atoms with Crippen LogP contribution in [-0.4, -0.2) is 65.9 Å². The first-order chi connectivity index (χ1) is 11.4. The van der Waals surface area contributed by atoms with Gasteiger partial charge in [-0.3, -0.25) is 19.8 Å². The summed E-state index contributed by atoms with van der Waals surface area (Å²) in [7, 11) is 0. The molecule has 0 aromatic carbocycles. The molecule has 1 saturated carbocycles. The van der Waals surface area contributed by atoms with Gasteiger partial charge in [0, 0.05) is 38.1 Å². The molecule has 1 saturated heterocycles.